The summed E-state index contributed by atoms with van der Waals surface area (Å²) in [6, 6.07) is 15.0. The number of halogens is 1. The van der Waals surface area contributed by atoms with E-state index in [1.165, 1.54) is 41.1 Å². The number of amides is 2. The van der Waals surface area contributed by atoms with E-state index in [1.807, 2.05) is 0 Å². The Hall–Kier alpha value is -5.49. The van der Waals surface area contributed by atoms with Gasteiger partial charge in [0.1, 0.15) is 34.4 Å². The lowest BCUT2D eigenvalue weighted by Gasteiger charge is -2.29. The summed E-state index contributed by atoms with van der Waals surface area (Å²) in [6.07, 6.45) is 6.41. The maximum Gasteiger partial charge on any atom is 0.270 e. The number of aromatic nitrogens is 4. The number of carbonyl (C=O) groups is 2. The third-order valence-corrected chi connectivity index (χ3v) is 7.67. The highest BCUT2D eigenvalue weighted by Gasteiger charge is 2.21. The molecule has 1 aromatic carbocycles. The average Bonchev–Trinajstić information content (AvgIpc) is 3.04. The SMILES string of the molecule is Cc1nc(NC(=O)c2cccn(-c3ccc(F)cc3)c2=O)ccc1Oc1ccnc2cnc(C(=O)NC3CCN(C)CC3)cc12. The van der Waals surface area contributed by atoms with Gasteiger partial charge < -0.3 is 20.3 Å². The van der Waals surface area contributed by atoms with Crippen molar-refractivity contribution < 1.29 is 18.7 Å². The summed E-state index contributed by atoms with van der Waals surface area (Å²) in [5.74, 6) is -0.217. The van der Waals surface area contributed by atoms with Gasteiger partial charge in [0.05, 0.1) is 17.4 Å². The van der Waals surface area contributed by atoms with Gasteiger partial charge in [-0.25, -0.2) is 14.4 Å². The fraction of sp³-hybridized carbons (Fsp3) is 0.212. The quantitative estimate of drug-likeness (QED) is 0.277. The van der Waals surface area contributed by atoms with Crippen molar-refractivity contribution in [3.8, 4) is 17.2 Å². The number of nitrogens with zero attached hydrogens (tertiary/aromatic N) is 5. The second kappa shape index (κ2) is 12.6. The summed E-state index contributed by atoms with van der Waals surface area (Å²) in [7, 11) is 2.07. The van der Waals surface area contributed by atoms with Gasteiger partial charge >= 0.3 is 0 Å². The number of likely N-dealkylation sites (tertiary alicyclic amines) is 1. The third-order valence-electron chi connectivity index (χ3n) is 7.67. The molecule has 2 amide bonds. The molecule has 4 aromatic heterocycles. The number of ether oxygens (including phenoxy) is 1. The van der Waals surface area contributed by atoms with Gasteiger partial charge in [-0.15, -0.1) is 0 Å². The van der Waals surface area contributed by atoms with E-state index >= 15 is 0 Å². The molecule has 228 valence electrons. The maximum atomic E-state index is 13.3. The van der Waals surface area contributed by atoms with Gasteiger partial charge in [0.15, 0.2) is 0 Å². The van der Waals surface area contributed by atoms with Crippen molar-refractivity contribution in [3.63, 3.8) is 0 Å². The fourth-order valence-corrected chi connectivity index (χ4v) is 5.15. The lowest BCUT2D eigenvalue weighted by Crippen LogP contribution is -2.43. The third kappa shape index (κ3) is 6.55. The van der Waals surface area contributed by atoms with Crippen LogP contribution in [0, 0.1) is 12.7 Å². The van der Waals surface area contributed by atoms with Gasteiger partial charge in [-0.3, -0.25) is 23.9 Å². The van der Waals surface area contributed by atoms with Gasteiger partial charge in [-0.1, -0.05) is 0 Å². The summed E-state index contributed by atoms with van der Waals surface area (Å²) in [5, 5.41) is 6.35. The Bertz CT molecular complexity index is 1950. The zero-order valence-electron chi connectivity index (χ0n) is 24.7. The van der Waals surface area contributed by atoms with Crippen LogP contribution >= 0.6 is 0 Å². The zero-order valence-corrected chi connectivity index (χ0v) is 24.7. The summed E-state index contributed by atoms with van der Waals surface area (Å²) >= 11 is 0. The fourth-order valence-electron chi connectivity index (χ4n) is 5.15. The van der Waals surface area contributed by atoms with Crippen molar-refractivity contribution in [2.75, 3.05) is 25.5 Å². The van der Waals surface area contributed by atoms with Crippen LogP contribution in [-0.2, 0) is 0 Å². The molecule has 1 fully saturated rings. The molecule has 0 atom stereocenters. The molecule has 1 saturated heterocycles. The van der Waals surface area contributed by atoms with Crippen LogP contribution in [0.25, 0.3) is 16.6 Å². The number of pyridine rings is 4. The molecule has 0 saturated carbocycles. The van der Waals surface area contributed by atoms with E-state index in [-0.39, 0.29) is 29.0 Å². The Morgan fingerprint density at radius 3 is 2.51 bits per heavy atom. The molecular formula is C33H30FN7O4. The smallest absolute Gasteiger partial charge is 0.270 e. The van der Waals surface area contributed by atoms with E-state index in [0.29, 0.717) is 33.8 Å². The van der Waals surface area contributed by atoms with E-state index in [9.17, 15) is 18.8 Å². The molecule has 11 nitrogen and oxygen atoms in total. The van der Waals surface area contributed by atoms with Gasteiger partial charge in [-0.2, -0.15) is 0 Å². The molecular weight excluding hydrogens is 577 g/mol. The molecule has 0 spiro atoms. The molecule has 6 rings (SSSR count). The second-order valence-electron chi connectivity index (χ2n) is 10.9. The van der Waals surface area contributed by atoms with Crippen LogP contribution in [0.1, 0.15) is 39.4 Å². The van der Waals surface area contributed by atoms with Crippen LogP contribution < -0.4 is 20.9 Å². The monoisotopic (exact) mass is 607 g/mol. The minimum Gasteiger partial charge on any atom is -0.455 e. The summed E-state index contributed by atoms with van der Waals surface area (Å²) < 4.78 is 20.8. The number of benzene rings is 1. The number of carbonyl (C=O) groups excluding carboxylic acids is 2. The molecule has 12 heteroatoms. The molecule has 45 heavy (non-hydrogen) atoms. The lowest BCUT2D eigenvalue weighted by atomic mass is 10.1. The van der Waals surface area contributed by atoms with E-state index < -0.39 is 17.3 Å². The van der Waals surface area contributed by atoms with Crippen LogP contribution in [-0.4, -0.2) is 62.4 Å². The first-order valence-corrected chi connectivity index (χ1v) is 14.4. The van der Waals surface area contributed by atoms with Crippen molar-refractivity contribution in [2.24, 2.45) is 0 Å². The molecule has 2 N–H and O–H groups in total. The highest BCUT2D eigenvalue weighted by atomic mass is 19.1. The molecule has 5 heterocycles. The first-order chi connectivity index (χ1) is 21.7. The number of rotatable bonds is 7. The van der Waals surface area contributed by atoms with Crippen molar-refractivity contribution in [2.45, 2.75) is 25.8 Å². The summed E-state index contributed by atoms with van der Waals surface area (Å²) in [5.41, 5.74) is 1.07. The lowest BCUT2D eigenvalue weighted by molar-refractivity contribution is 0.0911. The van der Waals surface area contributed by atoms with Crippen molar-refractivity contribution in [3.05, 3.63) is 112 Å². The van der Waals surface area contributed by atoms with Crippen LogP contribution in [0.3, 0.4) is 0 Å². The predicted octanol–water partition coefficient (Wildman–Crippen LogP) is 4.49. The van der Waals surface area contributed by atoms with Crippen LogP contribution in [0.15, 0.2) is 84.0 Å². The van der Waals surface area contributed by atoms with Crippen molar-refractivity contribution >= 4 is 28.5 Å². The number of aryl methyl sites for hydroxylation is 1. The summed E-state index contributed by atoms with van der Waals surface area (Å²) in [6.45, 7) is 3.58. The van der Waals surface area contributed by atoms with Gasteiger partial charge in [-0.05, 0) is 101 Å². The van der Waals surface area contributed by atoms with E-state index in [1.54, 1.807) is 49.6 Å². The predicted molar refractivity (Wildman–Crippen MR) is 167 cm³/mol. The van der Waals surface area contributed by atoms with Crippen LogP contribution in [0.2, 0.25) is 0 Å². The normalized spacial score (nSPS) is 13.8. The number of piperidine rings is 1. The molecule has 0 unspecified atom stereocenters. The molecule has 0 bridgehead atoms. The minimum absolute atomic E-state index is 0.0984. The topological polar surface area (TPSA) is 131 Å². The van der Waals surface area contributed by atoms with Crippen LogP contribution in [0.5, 0.6) is 11.5 Å². The Morgan fingerprint density at radius 1 is 0.978 bits per heavy atom. The number of nitrogens with one attached hydrogen (secondary N) is 2. The average molecular weight is 608 g/mol. The van der Waals surface area contributed by atoms with Crippen molar-refractivity contribution in [1.29, 1.82) is 0 Å². The zero-order chi connectivity index (χ0) is 31.5. The Labute approximate surface area is 257 Å². The van der Waals surface area contributed by atoms with E-state index in [0.717, 1.165) is 25.9 Å². The molecule has 0 radical (unpaired) electrons. The van der Waals surface area contributed by atoms with Gasteiger partial charge in [0.25, 0.3) is 17.4 Å². The maximum absolute atomic E-state index is 13.3. The highest BCUT2D eigenvalue weighted by molar-refractivity contribution is 6.03. The number of anilines is 1. The highest BCUT2D eigenvalue weighted by Crippen LogP contribution is 2.31. The van der Waals surface area contributed by atoms with Gasteiger partial charge in [0, 0.05) is 29.5 Å². The van der Waals surface area contributed by atoms with Gasteiger partial charge in [0.2, 0.25) is 0 Å². The van der Waals surface area contributed by atoms with Crippen molar-refractivity contribution in [1.82, 2.24) is 29.7 Å². The Morgan fingerprint density at radius 2 is 1.76 bits per heavy atom. The van der Waals surface area contributed by atoms with E-state index in [4.69, 9.17) is 4.74 Å². The summed E-state index contributed by atoms with van der Waals surface area (Å²) in [4.78, 5) is 54.4. The minimum atomic E-state index is -0.643. The molecule has 0 aliphatic carbocycles. The number of hydrogen-bond donors (Lipinski definition) is 2. The molecule has 5 aromatic rings. The molecule has 1 aliphatic rings. The van der Waals surface area contributed by atoms with E-state index in [2.05, 4.69) is 37.5 Å². The largest absolute Gasteiger partial charge is 0.455 e. The number of hydrogen-bond acceptors (Lipinski definition) is 8. The standard InChI is InChI=1S/C33H30FN7O4/c1-20-28(9-10-30(37-20)39-31(42)24-4-3-15-41(33(24)44)23-7-5-21(34)6-8-23)45-29-11-14-35-27-19-36-26(18-25(27)29)32(43)38-22-12-16-40(2)17-13-22/h3-11,14-15,18-19,22H,12-13,16-17H2,1-2H3,(H,38,43)(H,37,39,42). The first kappa shape index (κ1) is 29.6. The first-order valence-electron chi connectivity index (χ1n) is 14.4. The van der Waals surface area contributed by atoms with Crippen LogP contribution in [0.4, 0.5) is 10.2 Å². The molecule has 1 aliphatic heterocycles. The number of fused-ring (bicyclic) bond motifs is 1. The Kier molecular flexibility index (Phi) is 8.30. The Balaban J connectivity index is 1.18. The second-order valence-corrected chi connectivity index (χ2v) is 10.9.